The number of furan rings is 1. The van der Waals surface area contributed by atoms with Crippen molar-refractivity contribution in [3.63, 3.8) is 0 Å². The molecule has 2 heterocycles. The van der Waals surface area contributed by atoms with Gasteiger partial charge in [-0.2, -0.15) is 0 Å². The molecule has 1 aromatic rings. The van der Waals surface area contributed by atoms with Gasteiger partial charge in [0.15, 0.2) is 5.85 Å². The lowest BCUT2D eigenvalue weighted by atomic mass is 9.87. The monoisotopic (exact) mass is 232 g/mol. The first-order valence-corrected chi connectivity index (χ1v) is 5.85. The summed E-state index contributed by atoms with van der Waals surface area (Å²) < 4.78 is 31.7. The summed E-state index contributed by atoms with van der Waals surface area (Å²) >= 11 is 0. The van der Waals surface area contributed by atoms with E-state index >= 15 is 0 Å². The molecule has 82 valence electrons. The van der Waals surface area contributed by atoms with Crippen LogP contribution in [0.5, 0.6) is 0 Å². The lowest BCUT2D eigenvalue weighted by molar-refractivity contribution is 0.183. The summed E-state index contributed by atoms with van der Waals surface area (Å²) in [5.74, 6) is -0.934. The molecule has 0 bridgehead atoms. The van der Waals surface area contributed by atoms with Gasteiger partial charge in [0.05, 0.1) is 6.26 Å². The normalized spacial score (nSPS) is 20.7. The van der Waals surface area contributed by atoms with Gasteiger partial charge in [-0.3, -0.25) is 4.57 Å². The maximum absolute atomic E-state index is 12.0. The Labute approximate surface area is 86.8 Å². The Hall–Kier alpha value is -0.585. The summed E-state index contributed by atoms with van der Waals surface area (Å²) in [6, 6.07) is 1.57. The average Bonchev–Trinajstić information content (AvgIpc) is 2.82. The fourth-order valence-corrected chi connectivity index (χ4v) is 2.85. The first-order chi connectivity index (χ1) is 7.12. The highest BCUT2D eigenvalue weighted by molar-refractivity contribution is 7.54. The van der Waals surface area contributed by atoms with E-state index in [0.29, 0.717) is 5.56 Å². The lowest BCUT2D eigenvalue weighted by Gasteiger charge is -2.20. The minimum Gasteiger partial charge on any atom is -0.473 e. The number of hydrogen-bond acceptors (Lipinski definition) is 6. The van der Waals surface area contributed by atoms with Crippen LogP contribution in [0.4, 0.5) is 0 Å². The molecule has 1 N–H and O–H groups in total. The quantitative estimate of drug-likeness (QED) is 0.603. The van der Waals surface area contributed by atoms with Crippen molar-refractivity contribution in [2.75, 3.05) is 14.2 Å². The topological polar surface area (TPSA) is 78.1 Å². The van der Waals surface area contributed by atoms with Crippen LogP contribution in [0.1, 0.15) is 11.4 Å². The molecule has 0 aromatic carbocycles. The molecule has 0 saturated heterocycles. The maximum Gasteiger partial charge on any atom is 0.530 e. The van der Waals surface area contributed by atoms with Gasteiger partial charge in [-0.25, -0.2) is 0 Å². The molecule has 0 radical (unpaired) electrons. The van der Waals surface area contributed by atoms with Crippen LogP contribution in [0.3, 0.4) is 0 Å². The summed E-state index contributed by atoms with van der Waals surface area (Å²) in [7, 11) is -2.11. The van der Waals surface area contributed by atoms with Crippen LogP contribution in [0.2, 0.25) is 0 Å². The zero-order chi connectivity index (χ0) is 11.1. The third-order valence-corrected chi connectivity index (χ3v) is 4.26. The largest absolute Gasteiger partial charge is 0.530 e. The highest BCUT2D eigenvalue weighted by atomic mass is 31.2. The molecule has 1 aliphatic rings. The van der Waals surface area contributed by atoms with Crippen LogP contribution in [0.25, 0.3) is 0 Å². The van der Waals surface area contributed by atoms with Gasteiger partial charge >= 0.3 is 14.7 Å². The van der Waals surface area contributed by atoms with Crippen LogP contribution in [-0.4, -0.2) is 26.4 Å². The molecule has 1 unspecified atom stereocenters. The van der Waals surface area contributed by atoms with Crippen molar-refractivity contribution in [3.05, 3.63) is 17.9 Å². The SMILES string of the molecule is COP(=O)(OC)C1OB(O)c2occc21. The van der Waals surface area contributed by atoms with Crippen LogP contribution in [0.15, 0.2) is 16.7 Å². The van der Waals surface area contributed by atoms with E-state index in [-0.39, 0.29) is 5.66 Å². The minimum absolute atomic E-state index is 0.245. The van der Waals surface area contributed by atoms with Gasteiger partial charge in [0.25, 0.3) is 0 Å². The van der Waals surface area contributed by atoms with E-state index in [0.717, 1.165) is 0 Å². The Morgan fingerprint density at radius 1 is 1.53 bits per heavy atom. The van der Waals surface area contributed by atoms with Crippen molar-refractivity contribution < 1.29 is 27.7 Å². The highest BCUT2D eigenvalue weighted by Gasteiger charge is 2.49. The number of rotatable bonds is 3. The molecule has 0 aliphatic carbocycles. The van der Waals surface area contributed by atoms with Gasteiger partial charge in [0.1, 0.15) is 5.66 Å². The molecule has 6 nitrogen and oxygen atoms in total. The van der Waals surface area contributed by atoms with Gasteiger partial charge in [0, 0.05) is 19.8 Å². The second-order valence-corrected chi connectivity index (χ2v) is 5.26. The van der Waals surface area contributed by atoms with E-state index in [2.05, 4.69) is 0 Å². The summed E-state index contributed by atoms with van der Waals surface area (Å²) in [5, 5.41) is 9.45. The van der Waals surface area contributed by atoms with Crippen LogP contribution >= 0.6 is 7.60 Å². The fourth-order valence-electron chi connectivity index (χ4n) is 1.50. The molecule has 1 aromatic heterocycles. The fraction of sp³-hybridized carbons (Fsp3) is 0.429. The Morgan fingerprint density at radius 3 is 2.80 bits per heavy atom. The average molecular weight is 232 g/mol. The smallest absolute Gasteiger partial charge is 0.473 e. The van der Waals surface area contributed by atoms with Gasteiger partial charge < -0.3 is 23.1 Å². The predicted molar refractivity (Wildman–Crippen MR) is 51.8 cm³/mol. The van der Waals surface area contributed by atoms with Crippen molar-refractivity contribution in [1.29, 1.82) is 0 Å². The second-order valence-electron chi connectivity index (χ2n) is 2.99. The molecule has 1 atom stereocenters. The molecule has 0 fully saturated rings. The van der Waals surface area contributed by atoms with Crippen molar-refractivity contribution in [3.8, 4) is 0 Å². The van der Waals surface area contributed by atoms with Gasteiger partial charge in [-0.05, 0) is 6.07 Å². The third-order valence-electron chi connectivity index (χ3n) is 2.27. The highest BCUT2D eigenvalue weighted by Crippen LogP contribution is 2.61. The summed E-state index contributed by atoms with van der Waals surface area (Å²) in [6.07, 6.45) is 1.39. The van der Waals surface area contributed by atoms with Crippen molar-refractivity contribution in [2.45, 2.75) is 5.85 Å². The molecule has 0 amide bonds. The van der Waals surface area contributed by atoms with Crippen molar-refractivity contribution in [1.82, 2.24) is 0 Å². The number of hydrogen-bond donors (Lipinski definition) is 1. The van der Waals surface area contributed by atoms with Crippen LogP contribution < -0.4 is 5.66 Å². The molecule has 0 spiro atoms. The number of fused-ring (bicyclic) bond motifs is 1. The third kappa shape index (κ3) is 1.57. The summed E-state index contributed by atoms with van der Waals surface area (Å²) in [4.78, 5) is 0. The minimum atomic E-state index is -3.41. The Kier molecular flexibility index (Phi) is 2.74. The first-order valence-electron chi connectivity index (χ1n) is 4.24. The van der Waals surface area contributed by atoms with Gasteiger partial charge in [-0.15, -0.1) is 0 Å². The molecular weight excluding hydrogens is 222 g/mol. The molecule has 8 heteroatoms. The second kappa shape index (κ2) is 3.77. The van der Waals surface area contributed by atoms with Gasteiger partial charge in [-0.1, -0.05) is 0 Å². The predicted octanol–water partition coefficient (Wildman–Crippen LogP) is 0.482. The Bertz CT molecular complexity index is 396. The summed E-state index contributed by atoms with van der Waals surface area (Å²) in [6.45, 7) is 0. The zero-order valence-corrected chi connectivity index (χ0v) is 9.14. The Morgan fingerprint density at radius 2 is 2.20 bits per heavy atom. The van der Waals surface area contributed by atoms with Gasteiger partial charge in [0.2, 0.25) is 0 Å². The molecule has 15 heavy (non-hydrogen) atoms. The first kappa shape index (κ1) is 10.9. The van der Waals surface area contributed by atoms with Crippen LogP contribution in [-0.2, 0) is 18.3 Å². The van der Waals surface area contributed by atoms with E-state index in [4.69, 9.17) is 18.1 Å². The molecule has 2 rings (SSSR count). The molecule has 1 aliphatic heterocycles. The standard InChI is InChI=1S/C7H10BO6P/c1-11-15(10,12-2)7-5-3-4-13-6(5)8(9)14-7/h3-4,7,9H,1-2H3. The molecular formula is C7H10BO6P. The van der Waals surface area contributed by atoms with E-state index in [1.807, 2.05) is 0 Å². The van der Waals surface area contributed by atoms with E-state index < -0.39 is 20.6 Å². The van der Waals surface area contributed by atoms with E-state index in [1.165, 1.54) is 20.5 Å². The molecule has 0 saturated carbocycles. The van der Waals surface area contributed by atoms with E-state index in [1.54, 1.807) is 6.07 Å². The zero-order valence-electron chi connectivity index (χ0n) is 8.25. The lowest BCUT2D eigenvalue weighted by Crippen LogP contribution is -2.26. The van der Waals surface area contributed by atoms with Crippen LogP contribution in [0, 0.1) is 0 Å². The van der Waals surface area contributed by atoms with E-state index in [9.17, 15) is 9.59 Å². The van der Waals surface area contributed by atoms with Crippen molar-refractivity contribution >= 4 is 20.4 Å². The van der Waals surface area contributed by atoms with Crippen molar-refractivity contribution in [2.24, 2.45) is 0 Å². The summed E-state index contributed by atoms with van der Waals surface area (Å²) in [5.41, 5.74) is 0.740. The maximum atomic E-state index is 12.0. The Balaban J connectivity index is 2.39.